The molecule has 0 saturated carbocycles. The lowest BCUT2D eigenvalue weighted by molar-refractivity contribution is -0.123. The SMILES string of the molecule is Cc1cc(C)cc(C(=O)C(C#N)C(=O)CC2Sc3ccccc3NC2=O)c1. The molecule has 2 aromatic carbocycles. The summed E-state index contributed by atoms with van der Waals surface area (Å²) >= 11 is 1.28. The fraction of sp³-hybridized carbons (Fsp3) is 0.238. The molecule has 136 valence electrons. The van der Waals surface area contributed by atoms with Crippen molar-refractivity contribution in [3.63, 3.8) is 0 Å². The van der Waals surface area contributed by atoms with Gasteiger partial charge in [0, 0.05) is 16.9 Å². The number of nitrogens with zero attached hydrogens (tertiary/aromatic N) is 1. The number of hydrogen-bond acceptors (Lipinski definition) is 5. The van der Waals surface area contributed by atoms with E-state index in [4.69, 9.17) is 0 Å². The number of aryl methyl sites for hydroxylation is 2. The van der Waals surface area contributed by atoms with Gasteiger partial charge in [-0.05, 0) is 38.1 Å². The standard InChI is InChI=1S/C21H18N2O3S/c1-12-7-13(2)9-14(8-12)20(25)15(11-22)17(24)10-19-21(26)23-16-5-3-4-6-18(16)27-19/h3-9,15,19H,10H2,1-2H3,(H,23,26). The van der Waals surface area contributed by atoms with Gasteiger partial charge in [0.2, 0.25) is 5.91 Å². The average Bonchev–Trinajstić information content (AvgIpc) is 2.62. The van der Waals surface area contributed by atoms with E-state index < -0.39 is 22.7 Å². The number of fused-ring (bicyclic) bond motifs is 1. The zero-order valence-corrected chi connectivity index (χ0v) is 15.8. The van der Waals surface area contributed by atoms with Crippen LogP contribution in [0.15, 0.2) is 47.4 Å². The third kappa shape index (κ3) is 4.09. The quantitative estimate of drug-likeness (QED) is 0.633. The number of rotatable bonds is 5. The summed E-state index contributed by atoms with van der Waals surface area (Å²) in [5, 5.41) is 11.5. The van der Waals surface area contributed by atoms with Crippen LogP contribution in [0, 0.1) is 31.1 Å². The Morgan fingerprint density at radius 2 is 1.85 bits per heavy atom. The molecule has 0 bridgehead atoms. The monoisotopic (exact) mass is 378 g/mol. The minimum absolute atomic E-state index is 0.167. The fourth-order valence-electron chi connectivity index (χ4n) is 3.09. The van der Waals surface area contributed by atoms with Gasteiger partial charge in [-0.25, -0.2) is 0 Å². The van der Waals surface area contributed by atoms with Crippen LogP contribution < -0.4 is 5.32 Å². The second kappa shape index (κ2) is 7.77. The molecule has 0 spiro atoms. The Kier molecular flexibility index (Phi) is 5.43. The highest BCUT2D eigenvalue weighted by Gasteiger charge is 2.34. The zero-order chi connectivity index (χ0) is 19.6. The van der Waals surface area contributed by atoms with Crippen molar-refractivity contribution in [1.29, 1.82) is 5.26 Å². The third-order valence-corrected chi connectivity index (χ3v) is 5.59. The molecule has 1 amide bonds. The fourth-order valence-corrected chi connectivity index (χ4v) is 4.21. The molecule has 3 rings (SSSR count). The smallest absolute Gasteiger partial charge is 0.238 e. The van der Waals surface area contributed by atoms with Crippen LogP contribution in [0.5, 0.6) is 0 Å². The van der Waals surface area contributed by atoms with E-state index in [9.17, 15) is 19.6 Å². The maximum atomic E-state index is 12.7. The third-order valence-electron chi connectivity index (χ3n) is 4.31. The van der Waals surface area contributed by atoms with Crippen molar-refractivity contribution in [3.05, 3.63) is 59.2 Å². The molecular weight excluding hydrogens is 360 g/mol. The lowest BCUT2D eigenvalue weighted by Crippen LogP contribution is -2.34. The lowest BCUT2D eigenvalue weighted by Gasteiger charge is -2.23. The maximum Gasteiger partial charge on any atom is 0.238 e. The molecule has 0 radical (unpaired) electrons. The van der Waals surface area contributed by atoms with Gasteiger partial charge in [-0.2, -0.15) is 5.26 Å². The summed E-state index contributed by atoms with van der Waals surface area (Å²) in [5.41, 5.74) is 2.83. The van der Waals surface area contributed by atoms with E-state index in [0.717, 1.165) is 16.0 Å². The van der Waals surface area contributed by atoms with Gasteiger partial charge in [0.15, 0.2) is 17.5 Å². The molecule has 1 N–H and O–H groups in total. The molecular formula is C21H18N2O3S. The largest absolute Gasteiger partial charge is 0.324 e. The highest BCUT2D eigenvalue weighted by Crippen LogP contribution is 2.37. The minimum Gasteiger partial charge on any atom is -0.324 e. The number of carbonyl (C=O) groups excluding carboxylic acids is 3. The van der Waals surface area contributed by atoms with Gasteiger partial charge in [0.25, 0.3) is 0 Å². The van der Waals surface area contributed by atoms with Crippen LogP contribution in [0.3, 0.4) is 0 Å². The molecule has 1 aliphatic rings. The van der Waals surface area contributed by atoms with Crippen LogP contribution in [0.25, 0.3) is 0 Å². The van der Waals surface area contributed by atoms with E-state index in [2.05, 4.69) is 5.32 Å². The number of anilines is 1. The molecule has 1 aliphatic heterocycles. The first-order chi connectivity index (χ1) is 12.9. The van der Waals surface area contributed by atoms with E-state index in [0.29, 0.717) is 11.3 Å². The molecule has 0 aromatic heterocycles. The zero-order valence-electron chi connectivity index (χ0n) is 15.0. The van der Waals surface area contributed by atoms with Crippen molar-refractivity contribution in [3.8, 4) is 6.07 Å². The summed E-state index contributed by atoms with van der Waals surface area (Å²) in [4.78, 5) is 38.5. The van der Waals surface area contributed by atoms with Gasteiger partial charge in [0.1, 0.15) is 0 Å². The molecule has 6 heteroatoms. The molecule has 0 saturated heterocycles. The normalized spacial score (nSPS) is 16.6. The first kappa shape index (κ1) is 18.9. The van der Waals surface area contributed by atoms with Crippen molar-refractivity contribution >= 4 is 34.9 Å². The molecule has 2 atom stereocenters. The summed E-state index contributed by atoms with van der Waals surface area (Å²) in [6, 6.07) is 14.4. The van der Waals surface area contributed by atoms with Gasteiger partial charge in [0.05, 0.1) is 17.0 Å². The second-order valence-electron chi connectivity index (χ2n) is 6.57. The number of amides is 1. The predicted octanol–water partition coefficient (Wildman–Crippen LogP) is 3.70. The highest BCUT2D eigenvalue weighted by atomic mass is 32.2. The number of nitrogens with one attached hydrogen (secondary N) is 1. The molecule has 1 heterocycles. The van der Waals surface area contributed by atoms with Crippen molar-refractivity contribution in [2.24, 2.45) is 5.92 Å². The number of carbonyl (C=O) groups is 3. The second-order valence-corrected chi connectivity index (χ2v) is 7.81. The highest BCUT2D eigenvalue weighted by molar-refractivity contribution is 8.01. The Hall–Kier alpha value is -2.91. The Labute approximate surface area is 161 Å². The summed E-state index contributed by atoms with van der Waals surface area (Å²) in [6.07, 6.45) is -0.167. The molecule has 2 aromatic rings. The Bertz CT molecular complexity index is 957. The maximum absolute atomic E-state index is 12.7. The van der Waals surface area contributed by atoms with Crippen LogP contribution in [0.1, 0.15) is 27.9 Å². The summed E-state index contributed by atoms with van der Waals surface area (Å²) < 4.78 is 0. The Morgan fingerprint density at radius 3 is 2.52 bits per heavy atom. The van der Waals surface area contributed by atoms with Crippen LogP contribution >= 0.6 is 11.8 Å². The van der Waals surface area contributed by atoms with E-state index in [1.54, 1.807) is 18.2 Å². The average molecular weight is 378 g/mol. The van der Waals surface area contributed by atoms with E-state index >= 15 is 0 Å². The molecule has 5 nitrogen and oxygen atoms in total. The van der Waals surface area contributed by atoms with E-state index in [-0.39, 0.29) is 12.3 Å². The summed E-state index contributed by atoms with van der Waals surface area (Å²) in [6.45, 7) is 3.71. The topological polar surface area (TPSA) is 87.0 Å². The number of thioether (sulfide) groups is 1. The number of hydrogen-bond donors (Lipinski definition) is 1. The first-order valence-corrected chi connectivity index (χ1v) is 9.38. The molecule has 0 aliphatic carbocycles. The van der Waals surface area contributed by atoms with Gasteiger partial charge in [-0.3, -0.25) is 14.4 Å². The van der Waals surface area contributed by atoms with Crippen LogP contribution in [0.4, 0.5) is 5.69 Å². The van der Waals surface area contributed by atoms with Crippen LogP contribution in [-0.4, -0.2) is 22.7 Å². The van der Waals surface area contributed by atoms with Crippen LogP contribution in [0.2, 0.25) is 0 Å². The number of Topliss-reactive ketones (excluding diaryl/α,β-unsaturated/α-hetero) is 2. The Morgan fingerprint density at radius 1 is 1.19 bits per heavy atom. The van der Waals surface area contributed by atoms with Gasteiger partial charge < -0.3 is 5.32 Å². The summed E-state index contributed by atoms with van der Waals surface area (Å²) in [7, 11) is 0. The number of benzene rings is 2. The Balaban J connectivity index is 1.77. The molecule has 0 fully saturated rings. The van der Waals surface area contributed by atoms with Crippen molar-refractivity contribution < 1.29 is 14.4 Å². The summed E-state index contributed by atoms with van der Waals surface area (Å²) in [5.74, 6) is -2.75. The molecule has 27 heavy (non-hydrogen) atoms. The van der Waals surface area contributed by atoms with Crippen LogP contribution in [-0.2, 0) is 9.59 Å². The van der Waals surface area contributed by atoms with Gasteiger partial charge in [-0.15, -0.1) is 11.8 Å². The first-order valence-electron chi connectivity index (χ1n) is 8.50. The minimum atomic E-state index is -1.41. The number of para-hydroxylation sites is 1. The lowest BCUT2D eigenvalue weighted by atomic mass is 9.91. The number of nitriles is 1. The van der Waals surface area contributed by atoms with E-state index in [1.165, 1.54) is 11.8 Å². The van der Waals surface area contributed by atoms with Crippen molar-refractivity contribution in [2.75, 3.05) is 5.32 Å². The predicted molar refractivity (Wildman–Crippen MR) is 104 cm³/mol. The molecule has 2 unspecified atom stereocenters. The van der Waals surface area contributed by atoms with Gasteiger partial charge >= 0.3 is 0 Å². The van der Waals surface area contributed by atoms with Crippen molar-refractivity contribution in [2.45, 2.75) is 30.4 Å². The number of ketones is 2. The van der Waals surface area contributed by atoms with Crippen molar-refractivity contribution in [1.82, 2.24) is 0 Å². The van der Waals surface area contributed by atoms with Gasteiger partial charge in [-0.1, -0.05) is 29.3 Å². The van der Waals surface area contributed by atoms with E-state index in [1.807, 2.05) is 44.2 Å².